The normalized spacial score (nSPS) is 10.7. The Balaban J connectivity index is 1.63. The molecule has 7 nitrogen and oxygen atoms in total. The van der Waals surface area contributed by atoms with Crippen LogP contribution in [0.4, 0.5) is 11.4 Å². The van der Waals surface area contributed by atoms with Crippen LogP contribution in [0.25, 0.3) is 10.9 Å². The molecule has 3 aromatic carbocycles. The Kier molecular flexibility index (Phi) is 6.92. The van der Waals surface area contributed by atoms with Crippen molar-refractivity contribution in [3.63, 3.8) is 0 Å². The fourth-order valence-corrected chi connectivity index (χ4v) is 4.15. The Bertz CT molecular complexity index is 1430. The van der Waals surface area contributed by atoms with E-state index in [-0.39, 0.29) is 5.69 Å². The summed E-state index contributed by atoms with van der Waals surface area (Å²) in [7, 11) is 0. The maximum absolute atomic E-state index is 13.2. The van der Waals surface area contributed by atoms with Gasteiger partial charge in [0.1, 0.15) is 5.69 Å². The topological polar surface area (TPSA) is 92.2 Å². The van der Waals surface area contributed by atoms with Crippen molar-refractivity contribution in [2.24, 2.45) is 0 Å². The molecule has 0 aliphatic heterocycles. The molecule has 3 amide bonds. The predicted molar refractivity (Wildman–Crippen MR) is 138 cm³/mol. The highest BCUT2D eigenvalue weighted by Crippen LogP contribution is 2.26. The quantitative estimate of drug-likeness (QED) is 0.268. The minimum absolute atomic E-state index is 0.109. The minimum Gasteiger partial charge on any atom is -0.320 e. The van der Waals surface area contributed by atoms with Gasteiger partial charge in [0, 0.05) is 25.6 Å². The lowest BCUT2D eigenvalue weighted by Gasteiger charge is -2.13. The highest BCUT2D eigenvalue weighted by molar-refractivity contribution is 9.10. The van der Waals surface area contributed by atoms with Gasteiger partial charge in [-0.25, -0.2) is 4.68 Å². The van der Waals surface area contributed by atoms with Crippen LogP contribution in [0.2, 0.25) is 10.0 Å². The lowest BCUT2D eigenvalue weighted by molar-refractivity contribution is -0.133. The van der Waals surface area contributed by atoms with Gasteiger partial charge in [-0.15, -0.1) is 0 Å². The molecule has 0 saturated carbocycles. The Labute approximate surface area is 213 Å². The van der Waals surface area contributed by atoms with E-state index in [9.17, 15) is 14.4 Å². The summed E-state index contributed by atoms with van der Waals surface area (Å²) >= 11 is 15.4. The van der Waals surface area contributed by atoms with E-state index < -0.39 is 17.7 Å². The summed E-state index contributed by atoms with van der Waals surface area (Å²) in [6.45, 7) is 1.93. The van der Waals surface area contributed by atoms with Crippen LogP contribution >= 0.6 is 39.1 Å². The fraction of sp³-hybridized carbons (Fsp3) is 0.0417. The van der Waals surface area contributed by atoms with Crippen LogP contribution in [0.15, 0.2) is 71.2 Å². The number of carbonyl (C=O) groups is 3. The van der Waals surface area contributed by atoms with Gasteiger partial charge in [-0.05, 0) is 89.1 Å². The summed E-state index contributed by atoms with van der Waals surface area (Å²) < 4.78 is 1.96. The van der Waals surface area contributed by atoms with Crippen LogP contribution in [0.3, 0.4) is 0 Å². The van der Waals surface area contributed by atoms with E-state index in [0.29, 0.717) is 36.8 Å². The molecular formula is C24H17BrCl2N4O3. The molecule has 0 spiro atoms. The highest BCUT2D eigenvalue weighted by Gasteiger charge is 2.21. The number of halogens is 3. The number of carbonyl (C=O) groups excluding carboxylic acids is 3. The maximum Gasteiger partial charge on any atom is 0.328 e. The van der Waals surface area contributed by atoms with Crippen molar-refractivity contribution in [2.75, 3.05) is 16.1 Å². The lowest BCUT2D eigenvalue weighted by atomic mass is 10.2. The Morgan fingerprint density at radius 2 is 1.53 bits per heavy atom. The lowest BCUT2D eigenvalue weighted by Crippen LogP contribution is -2.36. The molecule has 0 bridgehead atoms. The van der Waals surface area contributed by atoms with Crippen LogP contribution in [0.1, 0.15) is 16.1 Å². The molecule has 1 aromatic heterocycles. The van der Waals surface area contributed by atoms with Gasteiger partial charge in [0.05, 0.1) is 11.2 Å². The highest BCUT2D eigenvalue weighted by atomic mass is 79.9. The number of aromatic nitrogens is 1. The maximum atomic E-state index is 13.2. The zero-order valence-corrected chi connectivity index (χ0v) is 20.8. The number of benzene rings is 3. The molecule has 0 aliphatic rings. The number of hydrogen-bond donors (Lipinski definition) is 3. The number of anilines is 2. The molecule has 0 radical (unpaired) electrons. The van der Waals surface area contributed by atoms with Crippen molar-refractivity contribution in [2.45, 2.75) is 6.92 Å². The monoisotopic (exact) mass is 558 g/mol. The first-order chi connectivity index (χ1) is 16.2. The number of fused-ring (bicyclic) bond motifs is 1. The summed E-state index contributed by atoms with van der Waals surface area (Å²) in [4.78, 5) is 38.3. The average molecular weight is 560 g/mol. The molecule has 0 aliphatic carbocycles. The van der Waals surface area contributed by atoms with E-state index in [1.54, 1.807) is 54.6 Å². The largest absolute Gasteiger partial charge is 0.328 e. The second kappa shape index (κ2) is 9.89. The molecule has 0 saturated heterocycles. The van der Waals surface area contributed by atoms with Gasteiger partial charge in [-0.2, -0.15) is 0 Å². The second-order valence-corrected chi connectivity index (χ2v) is 9.13. The Morgan fingerprint density at radius 1 is 0.824 bits per heavy atom. The molecular weight excluding hydrogens is 543 g/mol. The van der Waals surface area contributed by atoms with Gasteiger partial charge in [0.15, 0.2) is 0 Å². The summed E-state index contributed by atoms with van der Waals surface area (Å²) in [5.41, 5.74) is 5.07. The van der Waals surface area contributed by atoms with Crippen LogP contribution in [-0.2, 0) is 9.59 Å². The first-order valence-electron chi connectivity index (χ1n) is 9.97. The van der Waals surface area contributed by atoms with Gasteiger partial charge in [0.2, 0.25) is 0 Å². The van der Waals surface area contributed by atoms with E-state index in [0.717, 1.165) is 5.56 Å². The summed E-state index contributed by atoms with van der Waals surface area (Å²) in [6.07, 6.45) is 0. The molecule has 0 fully saturated rings. The van der Waals surface area contributed by atoms with Gasteiger partial charge >= 0.3 is 11.8 Å². The van der Waals surface area contributed by atoms with E-state index >= 15 is 0 Å². The Morgan fingerprint density at radius 3 is 2.24 bits per heavy atom. The first kappa shape index (κ1) is 23.8. The number of amides is 3. The SMILES string of the molecule is Cc1ccc(NC(=O)c2cc3cc(Cl)ccc3n2NC(=O)C(=O)Nc2ccc(Cl)cc2)c(Br)c1. The third-order valence-corrected chi connectivity index (χ3v) is 6.03. The van der Waals surface area contributed by atoms with Crippen LogP contribution < -0.4 is 16.1 Å². The standard InChI is InChI=1S/C24H17BrCl2N4O3/c1-13-2-8-19(18(25)10-13)29-22(32)21-12-14-11-16(27)5-9-20(14)31(21)30-24(34)23(33)28-17-6-3-15(26)4-7-17/h2-12H,1H3,(H,28,33)(H,29,32)(H,30,34). The molecule has 0 atom stereocenters. The van der Waals surface area contributed by atoms with E-state index in [2.05, 4.69) is 32.0 Å². The molecule has 1 heterocycles. The third kappa shape index (κ3) is 5.25. The third-order valence-electron chi connectivity index (χ3n) is 4.89. The van der Waals surface area contributed by atoms with Crippen LogP contribution in [-0.4, -0.2) is 22.4 Å². The fourth-order valence-electron chi connectivity index (χ4n) is 3.26. The van der Waals surface area contributed by atoms with E-state index in [1.165, 1.54) is 4.68 Å². The number of nitrogens with zero attached hydrogens (tertiary/aromatic N) is 1. The van der Waals surface area contributed by atoms with Crippen LogP contribution in [0.5, 0.6) is 0 Å². The van der Waals surface area contributed by atoms with Crippen molar-refractivity contribution in [1.29, 1.82) is 0 Å². The number of hydrogen-bond acceptors (Lipinski definition) is 3. The molecule has 4 aromatic rings. The smallest absolute Gasteiger partial charge is 0.320 e. The molecule has 10 heteroatoms. The zero-order chi connectivity index (χ0) is 24.4. The van der Waals surface area contributed by atoms with Crippen molar-refractivity contribution >= 4 is 79.1 Å². The number of rotatable bonds is 4. The van der Waals surface area contributed by atoms with Gasteiger partial charge in [-0.3, -0.25) is 19.8 Å². The van der Waals surface area contributed by atoms with Gasteiger partial charge in [0.25, 0.3) is 5.91 Å². The molecule has 3 N–H and O–H groups in total. The van der Waals surface area contributed by atoms with E-state index in [4.69, 9.17) is 23.2 Å². The van der Waals surface area contributed by atoms with Crippen LogP contribution in [0, 0.1) is 6.92 Å². The van der Waals surface area contributed by atoms with Gasteiger partial charge < -0.3 is 10.6 Å². The molecule has 0 unspecified atom stereocenters. The average Bonchev–Trinajstić information content (AvgIpc) is 3.14. The minimum atomic E-state index is -0.965. The molecule has 34 heavy (non-hydrogen) atoms. The van der Waals surface area contributed by atoms with Gasteiger partial charge in [-0.1, -0.05) is 29.3 Å². The summed E-state index contributed by atoms with van der Waals surface area (Å²) in [5.74, 6) is -2.37. The Hall–Kier alpha value is -3.33. The number of aryl methyl sites for hydroxylation is 1. The zero-order valence-electron chi connectivity index (χ0n) is 17.7. The van der Waals surface area contributed by atoms with Crippen molar-refractivity contribution in [3.8, 4) is 0 Å². The van der Waals surface area contributed by atoms with Crippen molar-refractivity contribution in [3.05, 3.63) is 92.5 Å². The predicted octanol–water partition coefficient (Wildman–Crippen LogP) is 5.98. The van der Waals surface area contributed by atoms with E-state index in [1.807, 2.05) is 19.1 Å². The van der Waals surface area contributed by atoms with Crippen molar-refractivity contribution in [1.82, 2.24) is 4.68 Å². The summed E-state index contributed by atoms with van der Waals surface area (Å²) in [5, 5.41) is 6.87. The molecule has 172 valence electrons. The second-order valence-electron chi connectivity index (χ2n) is 7.41. The molecule has 4 rings (SSSR count). The van der Waals surface area contributed by atoms with Crippen molar-refractivity contribution < 1.29 is 14.4 Å². The number of nitrogens with one attached hydrogen (secondary N) is 3. The first-order valence-corrected chi connectivity index (χ1v) is 11.5. The summed E-state index contributed by atoms with van der Waals surface area (Å²) in [6, 6.07) is 18.3.